The number of hydrogen-bond acceptors (Lipinski definition) is 6. The number of rotatable bonds is 3. The van der Waals surface area contributed by atoms with E-state index in [1.54, 1.807) is 0 Å². The summed E-state index contributed by atoms with van der Waals surface area (Å²) in [5.74, 6) is 0. The van der Waals surface area contributed by atoms with Gasteiger partial charge < -0.3 is 20.8 Å². The van der Waals surface area contributed by atoms with Gasteiger partial charge in [0.25, 0.3) is 0 Å². The van der Waals surface area contributed by atoms with Gasteiger partial charge in [0.15, 0.2) is 5.60 Å². The topological polar surface area (TPSA) is 140 Å². The van der Waals surface area contributed by atoms with E-state index in [1.165, 1.54) is 0 Å². The van der Waals surface area contributed by atoms with Crippen LogP contribution >= 0.6 is 0 Å². The van der Waals surface area contributed by atoms with Crippen molar-refractivity contribution in [2.24, 2.45) is 5.73 Å². The second-order valence-corrected chi connectivity index (χ2v) is 5.94. The summed E-state index contributed by atoms with van der Waals surface area (Å²) >= 11 is 0. The molecule has 124 valence electrons. The molecular formula is C14H18N4O5. The number of aromatic amines is 1. The number of nitrogens with two attached hydrogens (primary N) is 1. The van der Waals surface area contributed by atoms with Gasteiger partial charge in [0.2, 0.25) is 0 Å². The third kappa shape index (κ3) is 2.56. The molecule has 0 radical (unpaired) electrons. The Morgan fingerprint density at radius 1 is 1.35 bits per heavy atom. The smallest absolute Gasteiger partial charge is 0.405 e. The van der Waals surface area contributed by atoms with Crippen LogP contribution in [0.15, 0.2) is 4.79 Å². The van der Waals surface area contributed by atoms with Crippen LogP contribution < -0.4 is 16.6 Å². The first-order valence-corrected chi connectivity index (χ1v) is 7.57. The highest BCUT2D eigenvalue weighted by Gasteiger charge is 2.46. The molecule has 1 aliphatic heterocycles. The van der Waals surface area contributed by atoms with E-state index in [1.807, 2.05) is 0 Å². The number of nitrogens with one attached hydrogen (secondary N) is 2. The van der Waals surface area contributed by atoms with Crippen molar-refractivity contribution in [3.8, 4) is 0 Å². The molecule has 0 unspecified atom stereocenters. The summed E-state index contributed by atoms with van der Waals surface area (Å²) in [4.78, 5) is 37.1. The molecule has 0 bridgehead atoms. The molecule has 1 amide bonds. The van der Waals surface area contributed by atoms with Gasteiger partial charge in [0, 0.05) is 12.2 Å². The van der Waals surface area contributed by atoms with Gasteiger partial charge in [0.1, 0.15) is 0 Å². The Hall–Kier alpha value is -2.42. The normalized spacial score (nSPS) is 23.3. The van der Waals surface area contributed by atoms with Crippen LogP contribution in [-0.4, -0.2) is 29.1 Å². The molecule has 1 aromatic rings. The van der Waals surface area contributed by atoms with Gasteiger partial charge in [-0.25, -0.2) is 4.79 Å². The molecule has 1 fully saturated rings. The predicted molar refractivity (Wildman–Crippen MR) is 80.2 cm³/mol. The maximum atomic E-state index is 12.2. The van der Waals surface area contributed by atoms with Crippen LogP contribution in [0.4, 0.5) is 10.5 Å². The third-order valence-electron chi connectivity index (χ3n) is 4.51. The quantitative estimate of drug-likeness (QED) is 0.545. The van der Waals surface area contributed by atoms with Crippen molar-refractivity contribution in [2.75, 3.05) is 13.1 Å². The van der Waals surface area contributed by atoms with Gasteiger partial charge in [0.05, 0.1) is 10.5 Å². The molecule has 0 aromatic carbocycles. The lowest BCUT2D eigenvalue weighted by molar-refractivity contribution is -0.388. The molecule has 4 N–H and O–H groups in total. The van der Waals surface area contributed by atoms with E-state index in [9.17, 15) is 19.7 Å². The van der Waals surface area contributed by atoms with Crippen molar-refractivity contribution in [3.63, 3.8) is 0 Å². The number of ether oxygens (including phenoxy) is 1. The van der Waals surface area contributed by atoms with Crippen LogP contribution in [0, 0.1) is 10.1 Å². The minimum Gasteiger partial charge on any atom is -0.437 e. The van der Waals surface area contributed by atoms with E-state index in [4.69, 9.17) is 10.5 Å². The van der Waals surface area contributed by atoms with Crippen LogP contribution in [0.2, 0.25) is 0 Å². The maximum absolute atomic E-state index is 12.2. The predicted octanol–water partition coefficient (Wildman–Crippen LogP) is 0.446. The lowest BCUT2D eigenvalue weighted by Crippen LogP contribution is -2.49. The number of fused-ring (bicyclic) bond motifs is 1. The molecule has 1 aliphatic carbocycles. The number of primary amides is 1. The van der Waals surface area contributed by atoms with Gasteiger partial charge in [-0.2, -0.15) is 0 Å². The van der Waals surface area contributed by atoms with E-state index in [0.29, 0.717) is 43.5 Å². The molecule has 2 heterocycles. The maximum Gasteiger partial charge on any atom is 0.405 e. The van der Waals surface area contributed by atoms with Crippen molar-refractivity contribution >= 4 is 11.8 Å². The number of piperidine rings is 1. The van der Waals surface area contributed by atoms with Crippen LogP contribution in [0.1, 0.15) is 36.1 Å². The van der Waals surface area contributed by atoms with Crippen molar-refractivity contribution in [1.29, 1.82) is 0 Å². The molecular weight excluding hydrogens is 304 g/mol. The lowest BCUT2D eigenvalue weighted by Gasteiger charge is -2.37. The number of carbonyl (C=O) groups excluding carboxylic acids is 1. The molecule has 3 rings (SSSR count). The van der Waals surface area contributed by atoms with Gasteiger partial charge in [-0.1, -0.05) is 0 Å². The lowest BCUT2D eigenvalue weighted by atomic mass is 9.82. The zero-order valence-corrected chi connectivity index (χ0v) is 12.5. The fourth-order valence-corrected chi connectivity index (χ4v) is 3.70. The number of nitro groups is 1. The summed E-state index contributed by atoms with van der Waals surface area (Å²) < 4.78 is 5.36. The molecule has 2 aliphatic rings. The average Bonchev–Trinajstić information content (AvgIpc) is 2.93. The molecule has 1 saturated heterocycles. The second kappa shape index (κ2) is 5.65. The highest BCUT2D eigenvalue weighted by molar-refractivity contribution is 5.66. The minimum absolute atomic E-state index is 0.201. The van der Waals surface area contributed by atoms with Gasteiger partial charge in [-0.05, 0) is 44.2 Å². The Morgan fingerprint density at radius 3 is 2.74 bits per heavy atom. The molecule has 23 heavy (non-hydrogen) atoms. The van der Waals surface area contributed by atoms with Gasteiger partial charge in [-0.15, -0.1) is 0 Å². The Bertz CT molecular complexity index is 721. The van der Waals surface area contributed by atoms with Crippen LogP contribution in [0.3, 0.4) is 0 Å². The zero-order valence-electron chi connectivity index (χ0n) is 12.5. The number of pyridine rings is 1. The summed E-state index contributed by atoms with van der Waals surface area (Å²) in [5.41, 5.74) is 4.25. The SMILES string of the molecule is NC(=O)O[C@]1(c2c3c([nH]c(=O)c2[N+](=O)[O-])CCC3)CCCNC1. The van der Waals surface area contributed by atoms with Gasteiger partial charge >= 0.3 is 17.3 Å². The summed E-state index contributed by atoms with van der Waals surface area (Å²) in [6, 6.07) is 0. The van der Waals surface area contributed by atoms with E-state index < -0.39 is 27.9 Å². The number of carbonyl (C=O) groups is 1. The molecule has 1 aromatic heterocycles. The fraction of sp³-hybridized carbons (Fsp3) is 0.571. The number of aryl methyl sites for hydroxylation is 1. The van der Waals surface area contributed by atoms with Crippen molar-refractivity contribution in [2.45, 2.75) is 37.7 Å². The van der Waals surface area contributed by atoms with E-state index in [-0.39, 0.29) is 12.1 Å². The Morgan fingerprint density at radius 2 is 2.13 bits per heavy atom. The largest absolute Gasteiger partial charge is 0.437 e. The first-order valence-electron chi connectivity index (χ1n) is 7.57. The van der Waals surface area contributed by atoms with E-state index >= 15 is 0 Å². The number of nitrogens with zero attached hydrogens (tertiary/aromatic N) is 1. The Balaban J connectivity index is 2.29. The molecule has 9 heteroatoms. The standard InChI is InChI=1S/C14H18N4O5/c15-13(20)23-14(5-2-6-16-7-14)10-8-3-1-4-9(8)17-12(19)11(10)18(21)22/h16H,1-7H2,(H2,15,20)(H,17,19)/t14-/m1/s1. The summed E-state index contributed by atoms with van der Waals surface area (Å²) in [7, 11) is 0. The second-order valence-electron chi connectivity index (χ2n) is 5.94. The van der Waals surface area contributed by atoms with Crippen molar-refractivity contribution < 1.29 is 14.5 Å². The highest BCUT2D eigenvalue weighted by atomic mass is 16.6. The van der Waals surface area contributed by atoms with Crippen molar-refractivity contribution in [1.82, 2.24) is 10.3 Å². The third-order valence-corrected chi connectivity index (χ3v) is 4.51. The first kappa shape index (κ1) is 15.5. The minimum atomic E-state index is -1.27. The summed E-state index contributed by atoms with van der Waals surface area (Å²) in [5, 5.41) is 14.6. The van der Waals surface area contributed by atoms with Crippen molar-refractivity contribution in [3.05, 3.63) is 37.3 Å². The number of H-pyrrole nitrogens is 1. The number of amides is 1. The molecule has 9 nitrogen and oxygen atoms in total. The van der Waals surface area contributed by atoms with Crippen LogP contribution in [0.5, 0.6) is 0 Å². The zero-order chi connectivity index (χ0) is 16.6. The number of hydrogen-bond donors (Lipinski definition) is 3. The first-order chi connectivity index (χ1) is 10.9. The fourth-order valence-electron chi connectivity index (χ4n) is 3.70. The Labute approximate surface area is 131 Å². The Kier molecular flexibility index (Phi) is 3.80. The van der Waals surface area contributed by atoms with E-state index in [0.717, 1.165) is 6.42 Å². The van der Waals surface area contributed by atoms with Crippen LogP contribution in [-0.2, 0) is 23.2 Å². The average molecular weight is 322 g/mol. The number of aromatic nitrogens is 1. The monoisotopic (exact) mass is 322 g/mol. The highest BCUT2D eigenvalue weighted by Crippen LogP contribution is 2.41. The molecule has 1 atom stereocenters. The molecule has 0 saturated carbocycles. The van der Waals surface area contributed by atoms with E-state index in [2.05, 4.69) is 10.3 Å². The summed E-state index contributed by atoms with van der Waals surface area (Å²) in [6.07, 6.45) is 2.09. The molecule has 0 spiro atoms. The van der Waals surface area contributed by atoms with Gasteiger partial charge in [-0.3, -0.25) is 14.9 Å². The van der Waals surface area contributed by atoms with Crippen LogP contribution in [0.25, 0.3) is 0 Å². The summed E-state index contributed by atoms with van der Waals surface area (Å²) in [6.45, 7) is 0.912.